The monoisotopic (exact) mass is 182 g/mol. The quantitative estimate of drug-likeness (QED) is 0.674. The van der Waals surface area contributed by atoms with Gasteiger partial charge in [0.25, 0.3) is 0 Å². The number of ether oxygens (including phenoxy) is 1. The lowest BCUT2D eigenvalue weighted by Crippen LogP contribution is -1.94. The predicted octanol–water partition coefficient (Wildman–Crippen LogP) is 1.80. The summed E-state index contributed by atoms with van der Waals surface area (Å²) in [6.07, 6.45) is 0. The molecule has 0 radical (unpaired) electrons. The van der Waals surface area contributed by atoms with Crippen molar-refractivity contribution < 1.29 is 4.74 Å². The third kappa shape index (κ3) is 1.29. The van der Waals surface area contributed by atoms with Crippen LogP contribution in [-0.2, 0) is 0 Å². The van der Waals surface area contributed by atoms with E-state index in [1.54, 1.807) is 12.1 Å². The van der Waals surface area contributed by atoms with Gasteiger partial charge in [0.1, 0.15) is 16.8 Å². The molecular formula is C8H7ClN2O. The van der Waals surface area contributed by atoms with Crippen LogP contribution in [0, 0.1) is 11.3 Å². The Morgan fingerprint density at radius 2 is 2.25 bits per heavy atom. The second-order valence-electron chi connectivity index (χ2n) is 2.15. The number of rotatable bonds is 1. The molecule has 4 heteroatoms. The SMILES string of the molecule is COc1ccc(C#N)c(N)c1Cl. The summed E-state index contributed by atoms with van der Waals surface area (Å²) in [7, 11) is 1.49. The lowest BCUT2D eigenvalue weighted by atomic mass is 10.2. The summed E-state index contributed by atoms with van der Waals surface area (Å²) in [4.78, 5) is 0. The van der Waals surface area contributed by atoms with Crippen molar-refractivity contribution in [2.24, 2.45) is 0 Å². The maximum absolute atomic E-state index is 8.58. The summed E-state index contributed by atoms with van der Waals surface area (Å²) in [6, 6.07) is 5.10. The van der Waals surface area contributed by atoms with Crippen LogP contribution in [0.4, 0.5) is 5.69 Å². The molecule has 0 unspecified atom stereocenters. The molecule has 0 bridgehead atoms. The Morgan fingerprint density at radius 3 is 2.75 bits per heavy atom. The molecule has 0 aliphatic carbocycles. The average Bonchev–Trinajstić information content (AvgIpc) is 2.10. The molecule has 0 aliphatic heterocycles. The Bertz CT molecular complexity index is 344. The van der Waals surface area contributed by atoms with Crippen molar-refractivity contribution in [1.29, 1.82) is 5.26 Å². The number of nitrogens with two attached hydrogens (primary N) is 1. The fraction of sp³-hybridized carbons (Fsp3) is 0.125. The van der Waals surface area contributed by atoms with Gasteiger partial charge in [0.2, 0.25) is 0 Å². The fourth-order valence-corrected chi connectivity index (χ4v) is 1.07. The Morgan fingerprint density at radius 1 is 1.58 bits per heavy atom. The zero-order valence-electron chi connectivity index (χ0n) is 6.47. The number of hydrogen-bond acceptors (Lipinski definition) is 3. The zero-order chi connectivity index (χ0) is 9.14. The minimum atomic E-state index is 0.263. The second-order valence-corrected chi connectivity index (χ2v) is 2.53. The van der Waals surface area contributed by atoms with Crippen molar-refractivity contribution in [1.82, 2.24) is 0 Å². The van der Waals surface area contributed by atoms with Crippen LogP contribution >= 0.6 is 11.6 Å². The normalized spacial score (nSPS) is 9.08. The number of nitrogen functional groups attached to an aromatic ring is 1. The first-order chi connectivity index (χ1) is 5.70. The van der Waals surface area contributed by atoms with Crippen LogP contribution in [0.15, 0.2) is 12.1 Å². The molecule has 1 aromatic carbocycles. The van der Waals surface area contributed by atoms with Gasteiger partial charge in [-0.25, -0.2) is 0 Å². The maximum atomic E-state index is 8.58. The molecule has 1 aromatic rings. The number of nitriles is 1. The van der Waals surface area contributed by atoms with Gasteiger partial charge in [0.05, 0.1) is 18.4 Å². The van der Waals surface area contributed by atoms with Crippen molar-refractivity contribution >= 4 is 17.3 Å². The minimum absolute atomic E-state index is 0.263. The molecule has 3 nitrogen and oxygen atoms in total. The van der Waals surface area contributed by atoms with Crippen molar-refractivity contribution in [2.45, 2.75) is 0 Å². The maximum Gasteiger partial charge on any atom is 0.139 e. The molecule has 0 saturated heterocycles. The van der Waals surface area contributed by atoms with Crippen molar-refractivity contribution in [3.8, 4) is 11.8 Å². The Kier molecular flexibility index (Phi) is 2.41. The number of anilines is 1. The highest BCUT2D eigenvalue weighted by molar-refractivity contribution is 6.34. The molecule has 12 heavy (non-hydrogen) atoms. The van der Waals surface area contributed by atoms with Gasteiger partial charge in [-0.3, -0.25) is 0 Å². The summed E-state index contributed by atoms with van der Waals surface area (Å²) in [5, 5.41) is 8.87. The van der Waals surface area contributed by atoms with E-state index in [1.165, 1.54) is 7.11 Å². The van der Waals surface area contributed by atoms with Crippen molar-refractivity contribution in [3.05, 3.63) is 22.7 Å². The van der Waals surface area contributed by atoms with E-state index in [9.17, 15) is 0 Å². The van der Waals surface area contributed by atoms with E-state index in [4.69, 9.17) is 27.3 Å². The fourth-order valence-electron chi connectivity index (χ4n) is 0.828. The van der Waals surface area contributed by atoms with Crippen LogP contribution in [0.5, 0.6) is 5.75 Å². The summed E-state index contributed by atoms with van der Waals surface area (Å²) in [6.45, 7) is 0. The van der Waals surface area contributed by atoms with Crippen molar-refractivity contribution in [3.63, 3.8) is 0 Å². The van der Waals surface area contributed by atoms with E-state index in [2.05, 4.69) is 0 Å². The van der Waals surface area contributed by atoms with E-state index < -0.39 is 0 Å². The van der Waals surface area contributed by atoms with Gasteiger partial charge >= 0.3 is 0 Å². The topological polar surface area (TPSA) is 59.0 Å². The molecule has 0 heterocycles. The van der Waals surface area contributed by atoms with Crippen molar-refractivity contribution in [2.75, 3.05) is 12.8 Å². The Labute approximate surface area is 75.3 Å². The van der Waals surface area contributed by atoms with E-state index in [1.807, 2.05) is 6.07 Å². The lowest BCUT2D eigenvalue weighted by molar-refractivity contribution is 0.415. The second kappa shape index (κ2) is 3.33. The molecular weight excluding hydrogens is 176 g/mol. The number of benzene rings is 1. The van der Waals surface area contributed by atoms with Gasteiger partial charge in [-0.1, -0.05) is 11.6 Å². The third-order valence-electron chi connectivity index (χ3n) is 1.48. The average molecular weight is 183 g/mol. The third-order valence-corrected chi connectivity index (χ3v) is 1.87. The van der Waals surface area contributed by atoms with Crippen LogP contribution in [0.1, 0.15) is 5.56 Å². The molecule has 1 rings (SSSR count). The molecule has 2 N–H and O–H groups in total. The highest BCUT2D eigenvalue weighted by Gasteiger charge is 2.07. The van der Waals surface area contributed by atoms with Gasteiger partial charge < -0.3 is 10.5 Å². The van der Waals surface area contributed by atoms with Crippen LogP contribution in [0.3, 0.4) is 0 Å². The molecule has 0 aliphatic rings. The van der Waals surface area contributed by atoms with E-state index in [-0.39, 0.29) is 10.7 Å². The first kappa shape index (κ1) is 8.69. The minimum Gasteiger partial charge on any atom is -0.495 e. The summed E-state index contributed by atoms with van der Waals surface area (Å²) in [5.74, 6) is 0.480. The van der Waals surface area contributed by atoms with Crippen LogP contribution < -0.4 is 10.5 Å². The number of halogens is 1. The first-order valence-corrected chi connectivity index (χ1v) is 3.60. The van der Waals surface area contributed by atoms with Gasteiger partial charge in [-0.15, -0.1) is 0 Å². The molecule has 0 saturated carbocycles. The molecule has 0 amide bonds. The Balaban J connectivity index is 3.32. The van der Waals surface area contributed by atoms with Gasteiger partial charge in [-0.05, 0) is 12.1 Å². The highest BCUT2D eigenvalue weighted by Crippen LogP contribution is 2.31. The summed E-state index contributed by atoms with van der Waals surface area (Å²) < 4.78 is 4.90. The standard InChI is InChI=1S/C8H7ClN2O/c1-12-6-3-2-5(4-10)8(11)7(6)9/h2-3H,11H2,1H3. The molecule has 0 aromatic heterocycles. The van der Waals surface area contributed by atoms with E-state index in [0.29, 0.717) is 11.3 Å². The van der Waals surface area contributed by atoms with E-state index in [0.717, 1.165) is 0 Å². The largest absolute Gasteiger partial charge is 0.495 e. The number of methoxy groups -OCH3 is 1. The molecule has 0 spiro atoms. The Hall–Kier alpha value is -1.40. The van der Waals surface area contributed by atoms with Gasteiger partial charge in [0.15, 0.2) is 0 Å². The number of nitrogens with zero attached hydrogens (tertiary/aromatic N) is 1. The zero-order valence-corrected chi connectivity index (χ0v) is 7.22. The molecule has 62 valence electrons. The molecule has 0 fully saturated rings. The highest BCUT2D eigenvalue weighted by atomic mass is 35.5. The van der Waals surface area contributed by atoms with Gasteiger partial charge in [-0.2, -0.15) is 5.26 Å². The predicted molar refractivity (Wildman–Crippen MR) is 47.1 cm³/mol. The van der Waals surface area contributed by atoms with Crippen LogP contribution in [-0.4, -0.2) is 7.11 Å². The van der Waals surface area contributed by atoms with Crippen LogP contribution in [0.25, 0.3) is 0 Å². The van der Waals surface area contributed by atoms with E-state index >= 15 is 0 Å². The number of hydrogen-bond donors (Lipinski definition) is 1. The lowest BCUT2D eigenvalue weighted by Gasteiger charge is -2.05. The molecule has 0 atom stereocenters. The van der Waals surface area contributed by atoms with Crippen LogP contribution in [0.2, 0.25) is 5.02 Å². The first-order valence-electron chi connectivity index (χ1n) is 3.22. The van der Waals surface area contributed by atoms with Gasteiger partial charge in [0, 0.05) is 0 Å². The smallest absolute Gasteiger partial charge is 0.139 e. The summed E-state index contributed by atoms with van der Waals surface area (Å²) >= 11 is 5.78. The summed E-state index contributed by atoms with van der Waals surface area (Å²) in [5.41, 5.74) is 6.16.